The number of carbonyl (C=O) groups excluding carboxylic acids is 2. The lowest BCUT2D eigenvalue weighted by atomic mass is 10.0. The second-order valence-electron chi connectivity index (χ2n) is 5.91. The van der Waals surface area contributed by atoms with Crippen LogP contribution in [0.4, 0.5) is 4.79 Å². The summed E-state index contributed by atoms with van der Waals surface area (Å²) in [7, 11) is 1.35. The van der Waals surface area contributed by atoms with Gasteiger partial charge in [0.05, 0.1) is 5.92 Å². The van der Waals surface area contributed by atoms with Crippen molar-refractivity contribution < 1.29 is 29.0 Å². The number of carboxylic acids is 1. The lowest BCUT2D eigenvalue weighted by molar-refractivity contribution is -0.169. The average molecular weight is 379 g/mol. The van der Waals surface area contributed by atoms with E-state index in [1.807, 2.05) is 6.07 Å². The van der Waals surface area contributed by atoms with Crippen molar-refractivity contribution in [3.8, 4) is 0 Å². The molecule has 0 fully saturated rings. The molecule has 1 amide bonds. The van der Waals surface area contributed by atoms with Gasteiger partial charge in [-0.3, -0.25) is 15.5 Å². The number of carbonyl (C=O) groups is 3. The zero-order valence-electron chi connectivity index (χ0n) is 15.8. The van der Waals surface area contributed by atoms with Crippen molar-refractivity contribution in [2.24, 2.45) is 0 Å². The quantitative estimate of drug-likeness (QED) is 0.286. The van der Waals surface area contributed by atoms with E-state index in [0.717, 1.165) is 10.5 Å². The Balaban J connectivity index is 2.59. The molecular formula is C18H25N3O6. The van der Waals surface area contributed by atoms with Gasteiger partial charge >= 0.3 is 18.0 Å². The Bertz CT molecular complexity index is 679. The Morgan fingerprint density at radius 3 is 2.30 bits per heavy atom. The highest BCUT2D eigenvalue weighted by Gasteiger charge is 2.25. The summed E-state index contributed by atoms with van der Waals surface area (Å²) in [6.45, 7) is 4.72. The maximum atomic E-state index is 12.2. The molecule has 27 heavy (non-hydrogen) atoms. The number of aliphatic carboxylic acids is 1. The van der Waals surface area contributed by atoms with Gasteiger partial charge in [0, 0.05) is 13.5 Å². The second-order valence-corrected chi connectivity index (χ2v) is 5.91. The third-order valence-corrected chi connectivity index (χ3v) is 3.98. The van der Waals surface area contributed by atoms with Crippen molar-refractivity contribution in [3.05, 3.63) is 35.9 Å². The highest BCUT2D eigenvalue weighted by Crippen LogP contribution is 2.18. The summed E-state index contributed by atoms with van der Waals surface area (Å²) in [6.07, 6.45) is -1.93. The first-order valence-electron chi connectivity index (χ1n) is 8.44. The van der Waals surface area contributed by atoms with Crippen LogP contribution in [0.1, 0.15) is 38.7 Å². The van der Waals surface area contributed by atoms with E-state index in [9.17, 15) is 14.4 Å². The van der Waals surface area contributed by atoms with Crippen molar-refractivity contribution in [2.75, 3.05) is 7.05 Å². The number of nitrogens with zero attached hydrogens (tertiary/aromatic N) is 1. The van der Waals surface area contributed by atoms with E-state index in [1.165, 1.54) is 14.0 Å². The topological polar surface area (TPSA) is 129 Å². The van der Waals surface area contributed by atoms with Crippen LogP contribution in [-0.2, 0) is 19.1 Å². The van der Waals surface area contributed by atoms with E-state index in [1.54, 1.807) is 38.1 Å². The van der Waals surface area contributed by atoms with Crippen molar-refractivity contribution in [1.29, 1.82) is 5.41 Å². The van der Waals surface area contributed by atoms with Crippen LogP contribution in [0.2, 0.25) is 0 Å². The van der Waals surface area contributed by atoms with Gasteiger partial charge < -0.3 is 19.5 Å². The monoisotopic (exact) mass is 379 g/mol. The van der Waals surface area contributed by atoms with Crippen LogP contribution >= 0.6 is 0 Å². The standard InChI is InChI=1S/C18H25N3O6/c1-5-14(26-16(24)11(2)13-9-7-6-8-10-13)27-18(25)20-17(19)21(4)12(3)15(22)23/h6-12,14H,5H2,1-4H3,(H,22,23)(H2,19,20,25). The maximum Gasteiger partial charge on any atom is 0.417 e. The minimum atomic E-state index is -1.15. The molecule has 0 saturated carbocycles. The van der Waals surface area contributed by atoms with Crippen molar-refractivity contribution in [2.45, 2.75) is 45.4 Å². The molecule has 0 aliphatic heterocycles. The average Bonchev–Trinajstić information content (AvgIpc) is 2.65. The van der Waals surface area contributed by atoms with Crippen LogP contribution in [0.25, 0.3) is 0 Å². The molecular weight excluding hydrogens is 354 g/mol. The summed E-state index contributed by atoms with van der Waals surface area (Å²) < 4.78 is 10.2. The van der Waals surface area contributed by atoms with Gasteiger partial charge in [-0.2, -0.15) is 0 Å². The number of benzene rings is 1. The summed E-state index contributed by atoms with van der Waals surface area (Å²) in [5.74, 6) is -2.68. The molecule has 1 aromatic carbocycles. The second kappa shape index (κ2) is 10.1. The van der Waals surface area contributed by atoms with Gasteiger partial charge in [-0.1, -0.05) is 37.3 Å². The van der Waals surface area contributed by atoms with Crippen molar-refractivity contribution >= 4 is 24.0 Å². The van der Waals surface area contributed by atoms with E-state index >= 15 is 0 Å². The van der Waals surface area contributed by atoms with E-state index < -0.39 is 42.2 Å². The summed E-state index contributed by atoms with van der Waals surface area (Å²) >= 11 is 0. The number of alkyl carbamates (subject to hydrolysis) is 1. The molecule has 0 bridgehead atoms. The summed E-state index contributed by atoms with van der Waals surface area (Å²) in [4.78, 5) is 36.1. The zero-order valence-corrected chi connectivity index (χ0v) is 15.8. The van der Waals surface area contributed by atoms with Gasteiger partial charge in [-0.15, -0.1) is 0 Å². The Morgan fingerprint density at radius 1 is 1.19 bits per heavy atom. The molecule has 0 saturated heterocycles. The van der Waals surface area contributed by atoms with Gasteiger partial charge in [0.2, 0.25) is 12.2 Å². The SMILES string of the molecule is CCC(OC(=O)NC(=N)N(C)C(C)C(=O)O)OC(=O)C(C)c1ccccc1. The zero-order chi connectivity index (χ0) is 20.6. The number of carboxylic acid groups (broad SMARTS) is 1. The molecule has 1 aromatic rings. The third-order valence-electron chi connectivity index (χ3n) is 3.98. The van der Waals surface area contributed by atoms with Crippen LogP contribution in [0, 0.1) is 5.41 Å². The van der Waals surface area contributed by atoms with Crippen molar-refractivity contribution in [1.82, 2.24) is 10.2 Å². The van der Waals surface area contributed by atoms with Gasteiger partial charge in [0.1, 0.15) is 6.04 Å². The van der Waals surface area contributed by atoms with Crippen molar-refractivity contribution in [3.63, 3.8) is 0 Å². The molecule has 0 aliphatic rings. The molecule has 9 nitrogen and oxygen atoms in total. The summed E-state index contributed by atoms with van der Waals surface area (Å²) in [6, 6.07) is 8.02. The largest absolute Gasteiger partial charge is 0.480 e. The number of esters is 1. The van der Waals surface area contributed by atoms with Gasteiger partial charge in [-0.25, -0.2) is 9.59 Å². The lowest BCUT2D eigenvalue weighted by Gasteiger charge is -2.24. The first-order valence-corrected chi connectivity index (χ1v) is 8.44. The molecule has 148 valence electrons. The number of hydrogen-bond donors (Lipinski definition) is 3. The first-order chi connectivity index (χ1) is 12.7. The highest BCUT2D eigenvalue weighted by atomic mass is 16.7. The molecule has 1 rings (SSSR count). The Labute approximate surface area is 157 Å². The molecule has 0 aromatic heterocycles. The molecule has 3 N–H and O–H groups in total. The third kappa shape index (κ3) is 6.61. The van der Waals surface area contributed by atoms with E-state index in [0.29, 0.717) is 0 Å². The molecule has 3 atom stereocenters. The number of likely N-dealkylation sites (N-methyl/N-ethyl adjacent to an activating group) is 1. The number of guanidine groups is 1. The van der Waals surface area contributed by atoms with Gasteiger partial charge in [0.15, 0.2) is 0 Å². The smallest absolute Gasteiger partial charge is 0.417 e. The normalized spacial score (nSPS) is 13.6. The highest BCUT2D eigenvalue weighted by molar-refractivity contribution is 5.94. The number of amides is 1. The van der Waals surface area contributed by atoms with E-state index in [4.69, 9.17) is 20.0 Å². The molecule has 0 heterocycles. The Kier molecular flexibility index (Phi) is 8.25. The first kappa shape index (κ1) is 21.9. The molecule has 9 heteroatoms. The van der Waals surface area contributed by atoms with Gasteiger partial charge in [-0.05, 0) is 19.4 Å². The minimum absolute atomic E-state index is 0.218. The van der Waals surface area contributed by atoms with Crippen LogP contribution in [0.3, 0.4) is 0 Å². The number of rotatable bonds is 7. The van der Waals surface area contributed by atoms with E-state index in [-0.39, 0.29) is 6.42 Å². The van der Waals surface area contributed by atoms with Crippen LogP contribution in [0.5, 0.6) is 0 Å². The Morgan fingerprint density at radius 2 is 1.78 bits per heavy atom. The van der Waals surface area contributed by atoms with Crippen LogP contribution < -0.4 is 5.32 Å². The molecule has 3 unspecified atom stereocenters. The summed E-state index contributed by atoms with van der Waals surface area (Å²) in [5.41, 5.74) is 0.771. The van der Waals surface area contributed by atoms with Gasteiger partial charge in [0.25, 0.3) is 0 Å². The Hall–Kier alpha value is -3.10. The number of nitrogens with one attached hydrogen (secondary N) is 2. The molecule has 0 radical (unpaired) electrons. The van der Waals surface area contributed by atoms with E-state index in [2.05, 4.69) is 5.32 Å². The fourth-order valence-corrected chi connectivity index (χ4v) is 1.99. The fraction of sp³-hybridized carbons (Fsp3) is 0.444. The van der Waals surface area contributed by atoms with Crippen LogP contribution in [-0.4, -0.2) is 53.4 Å². The predicted molar refractivity (Wildman–Crippen MR) is 97.2 cm³/mol. The minimum Gasteiger partial charge on any atom is -0.480 e. The number of ether oxygens (including phenoxy) is 2. The molecule has 0 spiro atoms. The fourth-order valence-electron chi connectivity index (χ4n) is 1.99. The number of hydrogen-bond acceptors (Lipinski definition) is 6. The lowest BCUT2D eigenvalue weighted by Crippen LogP contribution is -2.48. The predicted octanol–water partition coefficient (Wildman–Crippen LogP) is 2.14. The molecule has 0 aliphatic carbocycles. The summed E-state index contributed by atoms with van der Waals surface area (Å²) in [5, 5.41) is 18.7. The maximum absolute atomic E-state index is 12.2. The van der Waals surface area contributed by atoms with Crippen LogP contribution in [0.15, 0.2) is 30.3 Å².